The van der Waals surface area contributed by atoms with Gasteiger partial charge in [0.15, 0.2) is 0 Å². The van der Waals surface area contributed by atoms with E-state index in [2.05, 4.69) is 0 Å². The Labute approximate surface area is 88.5 Å². The average Bonchev–Trinajstić information content (AvgIpc) is 2.08. The molecule has 0 aliphatic heterocycles. The molecule has 1 aromatic rings. The Balaban J connectivity index is 3.18. The van der Waals surface area contributed by atoms with Crippen LogP contribution in [0.3, 0.4) is 0 Å². The Bertz CT molecular complexity index is 359. The van der Waals surface area contributed by atoms with Crippen LogP contribution in [0.15, 0.2) is 12.1 Å². The van der Waals surface area contributed by atoms with E-state index in [1.165, 1.54) is 0 Å². The fraction of sp³-hybridized carbons (Fsp3) is 0.364. The van der Waals surface area contributed by atoms with Gasteiger partial charge in [0.05, 0.1) is 6.42 Å². The third-order valence-corrected chi connectivity index (χ3v) is 2.46. The van der Waals surface area contributed by atoms with E-state index in [9.17, 15) is 4.79 Å². The summed E-state index contributed by atoms with van der Waals surface area (Å²) >= 11 is 5.89. The molecule has 0 spiro atoms. The van der Waals surface area contributed by atoms with Gasteiger partial charge < -0.3 is 5.11 Å². The number of aliphatic carboxylic acids is 1. The second-order valence-corrected chi connectivity index (χ2v) is 3.72. The standard InChI is InChI=1S/C11H13ClO2/c1-3-8-5-9(12)4-7(2)10(8)6-11(13)14/h4-5H,3,6H2,1-2H3,(H,13,14). The van der Waals surface area contributed by atoms with Gasteiger partial charge in [0.1, 0.15) is 0 Å². The van der Waals surface area contributed by atoms with Crippen LogP contribution in [0.5, 0.6) is 0 Å². The zero-order chi connectivity index (χ0) is 10.7. The lowest BCUT2D eigenvalue weighted by molar-refractivity contribution is -0.136. The molecule has 0 amide bonds. The molecular weight excluding hydrogens is 200 g/mol. The quantitative estimate of drug-likeness (QED) is 0.837. The van der Waals surface area contributed by atoms with Crippen LogP contribution >= 0.6 is 11.6 Å². The van der Waals surface area contributed by atoms with Gasteiger partial charge in [-0.2, -0.15) is 0 Å². The van der Waals surface area contributed by atoms with Gasteiger partial charge in [0, 0.05) is 5.02 Å². The average molecular weight is 213 g/mol. The molecule has 0 radical (unpaired) electrons. The molecule has 0 saturated heterocycles. The minimum atomic E-state index is -0.801. The smallest absolute Gasteiger partial charge is 0.307 e. The van der Waals surface area contributed by atoms with Crippen LogP contribution in [0, 0.1) is 6.92 Å². The van der Waals surface area contributed by atoms with Crippen molar-refractivity contribution in [1.29, 1.82) is 0 Å². The van der Waals surface area contributed by atoms with Crippen molar-refractivity contribution in [3.05, 3.63) is 33.8 Å². The maximum atomic E-state index is 10.6. The first-order chi connectivity index (χ1) is 6.54. The highest BCUT2D eigenvalue weighted by Crippen LogP contribution is 2.21. The Morgan fingerprint density at radius 1 is 1.50 bits per heavy atom. The van der Waals surface area contributed by atoms with Crippen LogP contribution in [0.4, 0.5) is 0 Å². The molecule has 0 aliphatic rings. The highest BCUT2D eigenvalue weighted by Gasteiger charge is 2.09. The molecule has 0 saturated carbocycles. The van der Waals surface area contributed by atoms with E-state index in [1.54, 1.807) is 6.07 Å². The molecular formula is C11H13ClO2. The molecule has 0 atom stereocenters. The van der Waals surface area contributed by atoms with Gasteiger partial charge >= 0.3 is 5.97 Å². The SMILES string of the molecule is CCc1cc(Cl)cc(C)c1CC(=O)O. The molecule has 0 unspecified atom stereocenters. The van der Waals surface area contributed by atoms with Crippen LogP contribution in [0.1, 0.15) is 23.6 Å². The molecule has 0 fully saturated rings. The molecule has 3 heteroatoms. The number of carboxylic acid groups (broad SMARTS) is 1. The van der Waals surface area contributed by atoms with E-state index < -0.39 is 5.97 Å². The largest absolute Gasteiger partial charge is 0.481 e. The highest BCUT2D eigenvalue weighted by molar-refractivity contribution is 6.30. The Morgan fingerprint density at radius 3 is 2.64 bits per heavy atom. The van der Waals surface area contributed by atoms with Crippen molar-refractivity contribution in [3.63, 3.8) is 0 Å². The van der Waals surface area contributed by atoms with E-state index in [-0.39, 0.29) is 6.42 Å². The maximum absolute atomic E-state index is 10.6. The van der Waals surface area contributed by atoms with Gasteiger partial charge in [-0.3, -0.25) is 4.79 Å². The summed E-state index contributed by atoms with van der Waals surface area (Å²) in [5.74, 6) is -0.801. The Kier molecular flexibility index (Phi) is 3.53. The molecule has 1 N–H and O–H groups in total. The molecule has 0 heterocycles. The summed E-state index contributed by atoms with van der Waals surface area (Å²) < 4.78 is 0. The molecule has 1 rings (SSSR count). The van der Waals surface area contributed by atoms with Crippen molar-refractivity contribution in [1.82, 2.24) is 0 Å². The van der Waals surface area contributed by atoms with Gasteiger partial charge in [-0.25, -0.2) is 0 Å². The molecule has 0 aromatic heterocycles. The molecule has 0 bridgehead atoms. The molecule has 14 heavy (non-hydrogen) atoms. The second-order valence-electron chi connectivity index (χ2n) is 3.28. The van der Waals surface area contributed by atoms with Crippen molar-refractivity contribution >= 4 is 17.6 Å². The Hall–Kier alpha value is -1.02. The summed E-state index contributed by atoms with van der Waals surface area (Å²) in [4.78, 5) is 10.6. The van der Waals surface area contributed by atoms with E-state index in [1.807, 2.05) is 19.9 Å². The third kappa shape index (κ3) is 2.48. The van der Waals surface area contributed by atoms with E-state index >= 15 is 0 Å². The number of aryl methyl sites for hydroxylation is 2. The topological polar surface area (TPSA) is 37.3 Å². The van der Waals surface area contributed by atoms with Crippen molar-refractivity contribution < 1.29 is 9.90 Å². The van der Waals surface area contributed by atoms with Gasteiger partial charge in [-0.05, 0) is 42.2 Å². The van der Waals surface area contributed by atoms with Crippen LogP contribution in [0.2, 0.25) is 5.02 Å². The van der Waals surface area contributed by atoms with Gasteiger partial charge in [0.25, 0.3) is 0 Å². The summed E-state index contributed by atoms with van der Waals surface area (Å²) in [7, 11) is 0. The summed E-state index contributed by atoms with van der Waals surface area (Å²) in [5, 5.41) is 9.42. The first-order valence-corrected chi connectivity index (χ1v) is 4.92. The van der Waals surface area contributed by atoms with E-state index in [4.69, 9.17) is 16.7 Å². The van der Waals surface area contributed by atoms with Crippen LogP contribution < -0.4 is 0 Å². The number of halogens is 1. The minimum absolute atomic E-state index is 0.0756. The first kappa shape index (κ1) is 11.1. The van der Waals surface area contributed by atoms with Crippen LogP contribution in [-0.4, -0.2) is 11.1 Å². The van der Waals surface area contributed by atoms with Gasteiger partial charge in [0.2, 0.25) is 0 Å². The van der Waals surface area contributed by atoms with Gasteiger partial charge in [-0.1, -0.05) is 18.5 Å². The molecule has 2 nitrogen and oxygen atoms in total. The zero-order valence-corrected chi connectivity index (χ0v) is 9.06. The predicted molar refractivity (Wildman–Crippen MR) is 56.9 cm³/mol. The number of benzene rings is 1. The minimum Gasteiger partial charge on any atom is -0.481 e. The maximum Gasteiger partial charge on any atom is 0.307 e. The summed E-state index contributed by atoms with van der Waals surface area (Å²) in [6, 6.07) is 3.64. The Morgan fingerprint density at radius 2 is 2.14 bits per heavy atom. The highest BCUT2D eigenvalue weighted by atomic mass is 35.5. The number of carboxylic acids is 1. The predicted octanol–water partition coefficient (Wildman–Crippen LogP) is 2.84. The van der Waals surface area contributed by atoms with Crippen molar-refractivity contribution in [2.75, 3.05) is 0 Å². The number of carbonyl (C=O) groups is 1. The van der Waals surface area contributed by atoms with Crippen molar-refractivity contribution in [2.24, 2.45) is 0 Å². The van der Waals surface area contributed by atoms with Crippen LogP contribution in [0.25, 0.3) is 0 Å². The third-order valence-electron chi connectivity index (χ3n) is 2.24. The summed E-state index contributed by atoms with van der Waals surface area (Å²) in [6.45, 7) is 3.89. The monoisotopic (exact) mass is 212 g/mol. The fourth-order valence-electron chi connectivity index (χ4n) is 1.56. The number of rotatable bonds is 3. The number of hydrogen-bond acceptors (Lipinski definition) is 1. The lowest BCUT2D eigenvalue weighted by Gasteiger charge is -2.10. The zero-order valence-electron chi connectivity index (χ0n) is 8.30. The summed E-state index contributed by atoms with van der Waals surface area (Å²) in [5.41, 5.74) is 2.87. The van der Waals surface area contributed by atoms with E-state index in [0.717, 1.165) is 23.1 Å². The lowest BCUT2D eigenvalue weighted by atomic mass is 9.97. The number of hydrogen-bond donors (Lipinski definition) is 1. The summed E-state index contributed by atoms with van der Waals surface area (Å²) in [6.07, 6.45) is 0.885. The van der Waals surface area contributed by atoms with Gasteiger partial charge in [-0.15, -0.1) is 0 Å². The fourth-order valence-corrected chi connectivity index (χ4v) is 1.86. The van der Waals surface area contributed by atoms with Crippen molar-refractivity contribution in [3.8, 4) is 0 Å². The van der Waals surface area contributed by atoms with E-state index in [0.29, 0.717) is 5.02 Å². The van der Waals surface area contributed by atoms with Crippen LogP contribution in [-0.2, 0) is 17.6 Å². The first-order valence-electron chi connectivity index (χ1n) is 4.54. The molecule has 76 valence electrons. The molecule has 0 aliphatic carbocycles. The second kappa shape index (κ2) is 4.47. The van der Waals surface area contributed by atoms with Crippen molar-refractivity contribution in [2.45, 2.75) is 26.7 Å². The normalized spacial score (nSPS) is 10.2. The lowest BCUT2D eigenvalue weighted by Crippen LogP contribution is -2.05. The molecule has 1 aromatic carbocycles.